The van der Waals surface area contributed by atoms with Gasteiger partial charge in [0, 0.05) is 11.6 Å². The van der Waals surface area contributed by atoms with Gasteiger partial charge in [0.25, 0.3) is 0 Å². The van der Waals surface area contributed by atoms with Gasteiger partial charge >= 0.3 is 10.1 Å². The third-order valence-electron chi connectivity index (χ3n) is 7.15. The Morgan fingerprint density at radius 1 is 1.24 bits per heavy atom. The molecule has 1 aromatic heterocycles. The Balaban J connectivity index is 1.49. The van der Waals surface area contributed by atoms with E-state index in [1.807, 2.05) is 6.92 Å². The molecule has 2 aliphatic heterocycles. The number of hydrogen-bond donors (Lipinski definition) is 5. The number of ether oxygens (including phenoxy) is 3. The fourth-order valence-corrected chi connectivity index (χ4v) is 5.84. The average molecular weight is 546 g/mol. The van der Waals surface area contributed by atoms with Crippen molar-refractivity contribution < 1.29 is 46.9 Å². The first-order chi connectivity index (χ1) is 17.4. The zero-order valence-corrected chi connectivity index (χ0v) is 21.9. The van der Waals surface area contributed by atoms with Crippen molar-refractivity contribution in [2.45, 2.75) is 87.8 Å². The topological polar surface area (TPSA) is 186 Å². The van der Waals surface area contributed by atoms with Crippen LogP contribution in [0.25, 0.3) is 0 Å². The minimum absolute atomic E-state index is 0.0191. The number of fused-ring (bicyclic) bond motifs is 2. The quantitative estimate of drug-likeness (QED) is 0.248. The maximum absolute atomic E-state index is 12.9. The zero-order valence-electron chi connectivity index (χ0n) is 21.1. The standard InChI is InChI=1S/C23H35N3O10S/c1-5-14-18(28)17(24-3)20-21(19(14)29)34-22-23(30,35-20)15(8-11(2)33-22)26-16(27)9-12-6-7-13(10-25-12)36-37(4,31)32/h6-7,10-11,14-15,17-22,24,28-30H,5,8-9H2,1-4H3,(H,26,27)/t11-,14-,15-,17+,18+,19+,20-,21-,22+,23+/m1/s1. The van der Waals surface area contributed by atoms with Gasteiger partial charge in [-0.1, -0.05) is 6.92 Å². The molecule has 1 aliphatic carbocycles. The van der Waals surface area contributed by atoms with Crippen molar-refractivity contribution >= 4 is 16.0 Å². The summed E-state index contributed by atoms with van der Waals surface area (Å²) in [5, 5.41) is 39.1. The molecule has 5 N–H and O–H groups in total. The first kappa shape index (κ1) is 28.1. The van der Waals surface area contributed by atoms with Crippen LogP contribution in [0.1, 0.15) is 32.4 Å². The summed E-state index contributed by atoms with van der Waals surface area (Å²) in [6.07, 6.45) is -2.81. The van der Waals surface area contributed by atoms with Gasteiger partial charge in [-0.05, 0) is 38.9 Å². The van der Waals surface area contributed by atoms with Crippen molar-refractivity contribution in [1.29, 1.82) is 0 Å². The summed E-state index contributed by atoms with van der Waals surface area (Å²) in [6, 6.07) is 1.27. The molecule has 14 heteroatoms. The largest absolute Gasteiger partial charge is 0.391 e. The van der Waals surface area contributed by atoms with E-state index in [9.17, 15) is 28.5 Å². The van der Waals surface area contributed by atoms with Crippen molar-refractivity contribution in [1.82, 2.24) is 15.6 Å². The van der Waals surface area contributed by atoms with Crippen LogP contribution in [0, 0.1) is 5.92 Å². The normalized spacial score (nSPS) is 39.8. The fourth-order valence-electron chi connectivity index (χ4n) is 5.39. The van der Waals surface area contributed by atoms with Gasteiger partial charge in [0.15, 0.2) is 5.75 Å². The van der Waals surface area contributed by atoms with Crippen molar-refractivity contribution in [3.8, 4) is 5.75 Å². The Morgan fingerprint density at radius 3 is 2.57 bits per heavy atom. The molecule has 3 heterocycles. The molecule has 208 valence electrons. The van der Waals surface area contributed by atoms with E-state index in [0.717, 1.165) is 6.26 Å². The Morgan fingerprint density at radius 2 is 1.97 bits per heavy atom. The Hall–Kier alpha value is -1.91. The lowest BCUT2D eigenvalue weighted by Crippen LogP contribution is -2.77. The molecule has 0 aromatic carbocycles. The molecule has 0 radical (unpaired) electrons. The number of aliphatic hydroxyl groups is 3. The number of nitrogens with zero attached hydrogens (tertiary/aromatic N) is 1. The number of rotatable bonds is 7. The van der Waals surface area contributed by atoms with Gasteiger partial charge in [-0.3, -0.25) is 9.78 Å². The highest BCUT2D eigenvalue weighted by Crippen LogP contribution is 2.43. The Labute approximate surface area is 215 Å². The van der Waals surface area contributed by atoms with E-state index in [2.05, 4.69) is 15.6 Å². The number of carbonyl (C=O) groups is 1. The van der Waals surface area contributed by atoms with Gasteiger partial charge in [0.05, 0.1) is 49.3 Å². The summed E-state index contributed by atoms with van der Waals surface area (Å²) >= 11 is 0. The molecule has 37 heavy (non-hydrogen) atoms. The molecule has 3 fully saturated rings. The molecular weight excluding hydrogens is 510 g/mol. The van der Waals surface area contributed by atoms with E-state index in [4.69, 9.17) is 18.4 Å². The van der Waals surface area contributed by atoms with E-state index in [-0.39, 0.29) is 18.6 Å². The van der Waals surface area contributed by atoms with Gasteiger partial charge < -0.3 is 44.3 Å². The van der Waals surface area contributed by atoms with Crippen LogP contribution in [0.3, 0.4) is 0 Å². The first-order valence-corrected chi connectivity index (χ1v) is 14.1. The third kappa shape index (κ3) is 5.76. The summed E-state index contributed by atoms with van der Waals surface area (Å²) in [4.78, 5) is 16.9. The Kier molecular flexibility index (Phi) is 8.12. The molecule has 0 spiro atoms. The molecule has 10 atom stereocenters. The maximum Gasteiger partial charge on any atom is 0.306 e. The summed E-state index contributed by atoms with van der Waals surface area (Å²) in [5.41, 5.74) is 0.349. The van der Waals surface area contributed by atoms with E-state index in [1.54, 1.807) is 14.0 Å². The molecule has 1 amide bonds. The summed E-state index contributed by atoms with van der Waals surface area (Å²) < 4.78 is 45.2. The van der Waals surface area contributed by atoms with Crippen molar-refractivity contribution in [2.75, 3.05) is 13.3 Å². The van der Waals surface area contributed by atoms with Crippen LogP contribution in [0.4, 0.5) is 0 Å². The highest BCUT2D eigenvalue weighted by Gasteiger charge is 2.63. The minimum atomic E-state index is -3.70. The van der Waals surface area contributed by atoms with Crippen molar-refractivity contribution in [2.24, 2.45) is 5.92 Å². The van der Waals surface area contributed by atoms with E-state index in [0.29, 0.717) is 12.1 Å². The number of aliphatic hydroxyl groups excluding tert-OH is 2. The number of pyridine rings is 1. The lowest BCUT2D eigenvalue weighted by Gasteiger charge is -2.58. The predicted molar refractivity (Wildman–Crippen MR) is 128 cm³/mol. The van der Waals surface area contributed by atoms with E-state index < -0.39 is 76.6 Å². The van der Waals surface area contributed by atoms with Crippen LogP contribution in [-0.2, 0) is 35.5 Å². The number of aromatic nitrogens is 1. The van der Waals surface area contributed by atoms with Crippen LogP contribution < -0.4 is 14.8 Å². The summed E-state index contributed by atoms with van der Waals surface area (Å²) in [6.45, 7) is 3.62. The summed E-state index contributed by atoms with van der Waals surface area (Å²) in [7, 11) is -2.06. The second-order valence-electron chi connectivity index (χ2n) is 9.89. The highest BCUT2D eigenvalue weighted by atomic mass is 32.2. The molecule has 0 bridgehead atoms. The van der Waals surface area contributed by atoms with Crippen LogP contribution in [0.5, 0.6) is 5.75 Å². The lowest BCUT2D eigenvalue weighted by atomic mass is 9.74. The first-order valence-electron chi connectivity index (χ1n) is 12.2. The second-order valence-corrected chi connectivity index (χ2v) is 11.5. The van der Waals surface area contributed by atoms with Crippen molar-refractivity contribution in [3.63, 3.8) is 0 Å². The molecule has 3 aliphatic rings. The monoisotopic (exact) mass is 545 g/mol. The molecule has 4 rings (SSSR count). The van der Waals surface area contributed by atoms with Crippen molar-refractivity contribution in [3.05, 3.63) is 24.0 Å². The van der Waals surface area contributed by atoms with Gasteiger partial charge in [0.2, 0.25) is 18.0 Å². The second kappa shape index (κ2) is 10.7. The molecular formula is C23H35N3O10S. The van der Waals surface area contributed by atoms with Crippen LogP contribution in [-0.4, -0.2) is 103 Å². The van der Waals surface area contributed by atoms with Crippen LogP contribution in [0.15, 0.2) is 18.3 Å². The molecule has 1 aromatic rings. The van der Waals surface area contributed by atoms with E-state index in [1.165, 1.54) is 18.3 Å². The van der Waals surface area contributed by atoms with Gasteiger partial charge in [-0.15, -0.1) is 0 Å². The minimum Gasteiger partial charge on any atom is -0.391 e. The number of hydrogen-bond acceptors (Lipinski definition) is 12. The average Bonchev–Trinajstić information content (AvgIpc) is 2.80. The summed E-state index contributed by atoms with van der Waals surface area (Å²) in [5.74, 6) is -3.00. The van der Waals surface area contributed by atoms with Crippen LogP contribution >= 0.6 is 0 Å². The number of likely N-dealkylation sites (N-methyl/N-ethyl adjacent to an activating group) is 1. The number of nitrogens with one attached hydrogen (secondary N) is 2. The number of amides is 1. The zero-order chi connectivity index (χ0) is 27.1. The molecule has 13 nitrogen and oxygen atoms in total. The molecule has 0 unspecified atom stereocenters. The SMILES string of the molecule is CC[C@@H]1[C@H](O)[C@H](NC)[C@H]2O[C@]3(O)[C@H](O[C@@H]2[C@H]1O)O[C@H](C)C[C@H]3NC(=O)Cc1ccc(OS(C)(=O)=O)cn1. The van der Waals surface area contributed by atoms with Gasteiger partial charge in [-0.25, -0.2) is 0 Å². The maximum atomic E-state index is 12.9. The smallest absolute Gasteiger partial charge is 0.306 e. The third-order valence-corrected chi connectivity index (χ3v) is 7.65. The fraction of sp³-hybridized carbons (Fsp3) is 0.739. The van der Waals surface area contributed by atoms with Gasteiger partial charge in [-0.2, -0.15) is 8.42 Å². The highest BCUT2D eigenvalue weighted by molar-refractivity contribution is 7.86. The van der Waals surface area contributed by atoms with Gasteiger partial charge in [0.1, 0.15) is 12.2 Å². The molecule has 1 saturated carbocycles. The molecule has 2 saturated heterocycles. The predicted octanol–water partition coefficient (Wildman–Crippen LogP) is -1.60. The van der Waals surface area contributed by atoms with E-state index >= 15 is 0 Å². The number of carbonyl (C=O) groups excluding carboxylic acids is 1. The lowest BCUT2D eigenvalue weighted by molar-refractivity contribution is -0.450. The van der Waals surface area contributed by atoms with Crippen LogP contribution in [0.2, 0.25) is 0 Å². The Bertz CT molecular complexity index is 1070.